The summed E-state index contributed by atoms with van der Waals surface area (Å²) in [5, 5.41) is 4.46. The van der Waals surface area contributed by atoms with Gasteiger partial charge >= 0.3 is 0 Å². The van der Waals surface area contributed by atoms with Crippen molar-refractivity contribution in [1.29, 1.82) is 0 Å². The molecule has 3 N–H and O–H groups in total. The Morgan fingerprint density at radius 3 is 2.95 bits per heavy atom. The smallest absolute Gasteiger partial charge is 0.226 e. The molecule has 0 unspecified atom stereocenters. The fourth-order valence-corrected chi connectivity index (χ4v) is 1.97. The van der Waals surface area contributed by atoms with Crippen LogP contribution in [0, 0.1) is 0 Å². The fraction of sp³-hybridized carbons (Fsp3) is 0.286. The molecule has 1 aromatic carbocycles. The molecule has 2 rings (SSSR count). The molecular formula is C14H16ClN3O. The number of nitrogens with one attached hydrogen (secondary N) is 1. The van der Waals surface area contributed by atoms with Crippen LogP contribution in [0.1, 0.15) is 12.1 Å². The first kappa shape index (κ1) is 13.8. The lowest BCUT2D eigenvalue weighted by molar-refractivity contribution is -0.120. The highest BCUT2D eigenvalue weighted by Crippen LogP contribution is 2.18. The van der Waals surface area contributed by atoms with Crippen LogP contribution in [0.15, 0.2) is 30.3 Å². The summed E-state index contributed by atoms with van der Waals surface area (Å²) in [6.45, 7) is 1.19. The number of pyridine rings is 1. The molecule has 4 nitrogen and oxygen atoms in total. The van der Waals surface area contributed by atoms with Crippen LogP contribution in [0.2, 0.25) is 5.02 Å². The number of hydrogen-bond acceptors (Lipinski definition) is 3. The van der Waals surface area contributed by atoms with E-state index in [1.54, 1.807) is 6.07 Å². The average Bonchev–Trinajstić information content (AvgIpc) is 2.39. The zero-order chi connectivity index (χ0) is 13.7. The average molecular weight is 278 g/mol. The second-order valence-electron chi connectivity index (χ2n) is 4.31. The zero-order valence-corrected chi connectivity index (χ0v) is 11.3. The molecule has 0 bridgehead atoms. The summed E-state index contributed by atoms with van der Waals surface area (Å²) in [5.41, 5.74) is 6.96. The molecule has 1 heterocycles. The van der Waals surface area contributed by atoms with Gasteiger partial charge in [-0.3, -0.25) is 9.78 Å². The van der Waals surface area contributed by atoms with E-state index in [2.05, 4.69) is 10.3 Å². The molecule has 0 saturated carbocycles. The van der Waals surface area contributed by atoms with E-state index in [-0.39, 0.29) is 12.3 Å². The predicted molar refractivity (Wildman–Crippen MR) is 77.1 cm³/mol. The van der Waals surface area contributed by atoms with E-state index in [1.807, 2.05) is 24.3 Å². The minimum absolute atomic E-state index is 0.0331. The number of fused-ring (bicyclic) bond motifs is 1. The summed E-state index contributed by atoms with van der Waals surface area (Å²) in [5.74, 6) is -0.0331. The lowest BCUT2D eigenvalue weighted by atomic mass is 10.2. The van der Waals surface area contributed by atoms with Crippen molar-refractivity contribution in [3.05, 3.63) is 41.0 Å². The third-order valence-electron chi connectivity index (χ3n) is 2.75. The Balaban J connectivity index is 2.05. The predicted octanol–water partition coefficient (Wildman–Crippen LogP) is 1.90. The van der Waals surface area contributed by atoms with Crippen LogP contribution < -0.4 is 11.1 Å². The molecule has 5 heteroatoms. The fourth-order valence-electron chi connectivity index (χ4n) is 1.79. The van der Waals surface area contributed by atoms with Gasteiger partial charge in [-0.2, -0.15) is 0 Å². The molecular weight excluding hydrogens is 262 g/mol. The number of carbonyl (C=O) groups excluding carboxylic acids is 1. The highest BCUT2D eigenvalue weighted by molar-refractivity contribution is 6.31. The summed E-state index contributed by atoms with van der Waals surface area (Å²) in [4.78, 5) is 16.1. The van der Waals surface area contributed by atoms with Crippen LogP contribution in [-0.4, -0.2) is 24.0 Å². The van der Waals surface area contributed by atoms with Crippen LogP contribution in [-0.2, 0) is 11.2 Å². The van der Waals surface area contributed by atoms with Crippen molar-refractivity contribution in [3.63, 3.8) is 0 Å². The van der Waals surface area contributed by atoms with E-state index >= 15 is 0 Å². The van der Waals surface area contributed by atoms with E-state index in [4.69, 9.17) is 17.3 Å². The second kappa shape index (κ2) is 6.50. The summed E-state index contributed by atoms with van der Waals surface area (Å²) >= 11 is 5.91. The van der Waals surface area contributed by atoms with Crippen molar-refractivity contribution in [3.8, 4) is 0 Å². The van der Waals surface area contributed by atoms with Crippen molar-refractivity contribution < 1.29 is 4.79 Å². The van der Waals surface area contributed by atoms with E-state index < -0.39 is 0 Å². The SMILES string of the molecule is NCCCNC(=O)Cc1ccc2cc(Cl)ccc2n1. The Morgan fingerprint density at radius 1 is 1.32 bits per heavy atom. The first-order chi connectivity index (χ1) is 9.19. The van der Waals surface area contributed by atoms with Crippen molar-refractivity contribution in [2.75, 3.05) is 13.1 Å². The van der Waals surface area contributed by atoms with Gasteiger partial charge in [0.1, 0.15) is 0 Å². The lowest BCUT2D eigenvalue weighted by Gasteiger charge is -2.05. The van der Waals surface area contributed by atoms with Gasteiger partial charge in [-0.15, -0.1) is 0 Å². The standard InChI is InChI=1S/C14H16ClN3O/c15-11-3-5-13-10(8-11)2-4-12(18-13)9-14(19)17-7-1-6-16/h2-5,8H,1,6-7,9,16H2,(H,17,19). The van der Waals surface area contributed by atoms with Crippen molar-refractivity contribution in [2.45, 2.75) is 12.8 Å². The summed E-state index contributed by atoms with van der Waals surface area (Å²) in [7, 11) is 0. The highest BCUT2D eigenvalue weighted by atomic mass is 35.5. The van der Waals surface area contributed by atoms with Gasteiger partial charge in [-0.25, -0.2) is 0 Å². The first-order valence-electron chi connectivity index (χ1n) is 6.21. The van der Waals surface area contributed by atoms with Crippen molar-refractivity contribution >= 4 is 28.4 Å². The minimum atomic E-state index is -0.0331. The molecule has 1 amide bonds. The number of nitrogens with two attached hydrogens (primary N) is 1. The van der Waals surface area contributed by atoms with E-state index in [9.17, 15) is 4.79 Å². The molecule has 1 aromatic heterocycles. The van der Waals surface area contributed by atoms with Crippen molar-refractivity contribution in [2.24, 2.45) is 5.73 Å². The molecule has 0 radical (unpaired) electrons. The molecule has 100 valence electrons. The van der Waals surface area contributed by atoms with Crippen LogP contribution in [0.4, 0.5) is 0 Å². The Labute approximate surface area is 117 Å². The Morgan fingerprint density at radius 2 is 2.16 bits per heavy atom. The third-order valence-corrected chi connectivity index (χ3v) is 2.99. The highest BCUT2D eigenvalue weighted by Gasteiger charge is 2.05. The monoisotopic (exact) mass is 277 g/mol. The van der Waals surface area contributed by atoms with Crippen LogP contribution in [0.3, 0.4) is 0 Å². The van der Waals surface area contributed by atoms with Gasteiger partial charge in [0.15, 0.2) is 0 Å². The number of hydrogen-bond donors (Lipinski definition) is 2. The normalized spacial score (nSPS) is 10.6. The molecule has 0 atom stereocenters. The van der Waals surface area contributed by atoms with Gasteiger partial charge in [0.25, 0.3) is 0 Å². The van der Waals surface area contributed by atoms with Gasteiger partial charge in [0.05, 0.1) is 17.6 Å². The molecule has 0 aliphatic rings. The summed E-state index contributed by atoms with van der Waals surface area (Å²) in [6.07, 6.45) is 1.07. The van der Waals surface area contributed by atoms with Crippen LogP contribution in [0.5, 0.6) is 0 Å². The van der Waals surface area contributed by atoms with Gasteiger partial charge in [0, 0.05) is 17.0 Å². The Kier molecular flexibility index (Phi) is 4.71. The Hall–Kier alpha value is -1.65. The number of benzene rings is 1. The maximum Gasteiger partial charge on any atom is 0.226 e. The van der Waals surface area contributed by atoms with Gasteiger partial charge in [-0.1, -0.05) is 17.7 Å². The molecule has 0 aliphatic carbocycles. The molecule has 0 aliphatic heterocycles. The zero-order valence-electron chi connectivity index (χ0n) is 10.5. The third kappa shape index (κ3) is 3.91. The van der Waals surface area contributed by atoms with E-state index in [0.29, 0.717) is 18.1 Å². The van der Waals surface area contributed by atoms with Crippen molar-refractivity contribution in [1.82, 2.24) is 10.3 Å². The van der Waals surface area contributed by atoms with Gasteiger partial charge in [-0.05, 0) is 37.2 Å². The summed E-state index contributed by atoms with van der Waals surface area (Å²) < 4.78 is 0. The molecule has 0 saturated heterocycles. The minimum Gasteiger partial charge on any atom is -0.356 e. The molecule has 19 heavy (non-hydrogen) atoms. The van der Waals surface area contributed by atoms with E-state index in [1.165, 1.54) is 0 Å². The topological polar surface area (TPSA) is 68.0 Å². The quantitative estimate of drug-likeness (QED) is 0.820. The second-order valence-corrected chi connectivity index (χ2v) is 4.75. The number of nitrogens with zero attached hydrogens (tertiary/aromatic N) is 1. The molecule has 0 fully saturated rings. The van der Waals surface area contributed by atoms with Gasteiger partial charge in [0.2, 0.25) is 5.91 Å². The maximum atomic E-state index is 11.7. The number of carbonyl (C=O) groups is 1. The van der Waals surface area contributed by atoms with Crippen LogP contribution >= 0.6 is 11.6 Å². The first-order valence-corrected chi connectivity index (χ1v) is 6.59. The number of amides is 1. The maximum absolute atomic E-state index is 11.7. The Bertz CT molecular complexity index is 586. The molecule has 2 aromatic rings. The lowest BCUT2D eigenvalue weighted by Crippen LogP contribution is -2.27. The largest absolute Gasteiger partial charge is 0.356 e. The van der Waals surface area contributed by atoms with E-state index in [0.717, 1.165) is 23.0 Å². The number of rotatable bonds is 5. The summed E-state index contributed by atoms with van der Waals surface area (Å²) in [6, 6.07) is 9.28. The number of aromatic nitrogens is 1. The molecule has 0 spiro atoms. The van der Waals surface area contributed by atoms with Gasteiger partial charge < -0.3 is 11.1 Å². The van der Waals surface area contributed by atoms with Crippen LogP contribution in [0.25, 0.3) is 10.9 Å². The number of halogens is 1.